The Morgan fingerprint density at radius 2 is 0.378 bits per heavy atom. The molecule has 0 heterocycles. The maximum absolute atomic E-state index is 8.42. The van der Waals surface area contributed by atoms with Gasteiger partial charge in [0.05, 0.1) is 0 Å². The summed E-state index contributed by atoms with van der Waals surface area (Å²) in [5.74, 6) is 0. The van der Waals surface area contributed by atoms with Crippen molar-refractivity contribution in [1.29, 1.82) is 0 Å². The van der Waals surface area contributed by atoms with E-state index in [0.717, 1.165) is 25.7 Å². The molecule has 0 bridgehead atoms. The predicted octanol–water partition coefficient (Wildman–Crippen LogP) is 9.35. The van der Waals surface area contributed by atoms with Gasteiger partial charge in [0, 0.05) is 48.1 Å². The van der Waals surface area contributed by atoms with Crippen molar-refractivity contribution in [2.24, 2.45) is 0 Å². The maximum Gasteiger partial charge on any atom is 0.0431 e. The van der Waals surface area contributed by atoms with Crippen LogP contribution in [-0.4, -0.2) is 46.9 Å². The Morgan fingerprint density at radius 3 is 0.514 bits per heavy atom. The van der Waals surface area contributed by atoms with Gasteiger partial charge in [0.15, 0.2) is 0 Å². The molecule has 0 atom stereocenters. The smallest absolute Gasteiger partial charge is 0.0431 e. The molecular formula is C32H72O4Ti. The minimum Gasteiger partial charge on any atom is -0.396 e. The molecule has 0 rings (SSSR count). The fraction of sp³-hybridized carbons (Fsp3) is 1.00. The molecule has 0 saturated carbocycles. The van der Waals surface area contributed by atoms with Crippen LogP contribution in [0.15, 0.2) is 0 Å². The summed E-state index contributed by atoms with van der Waals surface area (Å²) in [4.78, 5) is 0. The Labute approximate surface area is 249 Å². The number of hydrogen-bond donors (Lipinski definition) is 4. The van der Waals surface area contributed by atoms with Crippen molar-refractivity contribution in [2.45, 2.75) is 182 Å². The van der Waals surface area contributed by atoms with Crippen LogP contribution in [0.3, 0.4) is 0 Å². The van der Waals surface area contributed by atoms with Gasteiger partial charge >= 0.3 is 0 Å². The van der Waals surface area contributed by atoms with Crippen LogP contribution in [0.4, 0.5) is 0 Å². The molecular weight excluding hydrogens is 496 g/mol. The van der Waals surface area contributed by atoms with Crippen molar-refractivity contribution in [3.63, 3.8) is 0 Å². The van der Waals surface area contributed by atoms with Crippen LogP contribution in [0.5, 0.6) is 0 Å². The van der Waals surface area contributed by atoms with Crippen LogP contribution in [0.25, 0.3) is 0 Å². The summed E-state index contributed by atoms with van der Waals surface area (Å²) in [6.45, 7) is 10.3. The maximum atomic E-state index is 8.42. The normalized spacial score (nSPS) is 9.73. The second kappa shape index (κ2) is 56.7. The van der Waals surface area contributed by atoms with Crippen molar-refractivity contribution >= 4 is 0 Å². The van der Waals surface area contributed by atoms with Gasteiger partial charge < -0.3 is 20.4 Å². The molecule has 5 heteroatoms. The zero-order valence-electron chi connectivity index (χ0n) is 26.1. The third kappa shape index (κ3) is 72.4. The van der Waals surface area contributed by atoms with Gasteiger partial charge in [-0.05, 0) is 25.7 Å². The summed E-state index contributed by atoms with van der Waals surface area (Å²) in [5.41, 5.74) is 0. The summed E-state index contributed by atoms with van der Waals surface area (Å²) in [7, 11) is 0. The molecule has 0 amide bonds. The number of rotatable bonds is 24. The van der Waals surface area contributed by atoms with Crippen molar-refractivity contribution in [3.05, 3.63) is 0 Å². The molecule has 0 saturated heterocycles. The Morgan fingerprint density at radius 1 is 0.243 bits per heavy atom. The van der Waals surface area contributed by atoms with Gasteiger partial charge in [-0.15, -0.1) is 0 Å². The molecule has 0 unspecified atom stereocenters. The largest absolute Gasteiger partial charge is 0.396 e. The Bertz CT molecular complexity index is 214. The molecule has 0 fully saturated rings. The van der Waals surface area contributed by atoms with E-state index in [1.165, 1.54) is 128 Å². The van der Waals surface area contributed by atoms with Gasteiger partial charge in [0.25, 0.3) is 0 Å². The minimum atomic E-state index is 0. The first-order chi connectivity index (χ1) is 17.7. The van der Waals surface area contributed by atoms with Gasteiger partial charge in [-0.25, -0.2) is 0 Å². The first kappa shape index (κ1) is 47.3. The molecule has 0 spiro atoms. The summed E-state index contributed by atoms with van der Waals surface area (Å²) < 4.78 is 0. The molecule has 4 N–H and O–H groups in total. The zero-order valence-corrected chi connectivity index (χ0v) is 27.6. The molecule has 0 aliphatic heterocycles. The fourth-order valence-corrected chi connectivity index (χ4v) is 3.57. The third-order valence-electron chi connectivity index (χ3n) is 6.05. The standard InChI is InChI=1S/4C8H18O.Ti/c4*1-2-3-4-5-6-7-8-9;/h4*9H,2-8H2,1H3;. The molecule has 0 aromatic carbocycles. The number of hydrogen-bond acceptors (Lipinski definition) is 4. The molecule has 0 aromatic heterocycles. The average molecular weight is 569 g/mol. The molecule has 37 heavy (non-hydrogen) atoms. The van der Waals surface area contributed by atoms with Crippen LogP contribution < -0.4 is 0 Å². The number of aliphatic hydroxyl groups excluding tert-OH is 4. The summed E-state index contributed by atoms with van der Waals surface area (Å²) in [6, 6.07) is 0. The molecule has 4 nitrogen and oxygen atoms in total. The van der Waals surface area contributed by atoms with Crippen LogP contribution in [0, 0.1) is 0 Å². The number of aliphatic hydroxyl groups is 4. The van der Waals surface area contributed by atoms with E-state index >= 15 is 0 Å². The van der Waals surface area contributed by atoms with Gasteiger partial charge in [-0.3, -0.25) is 0 Å². The van der Waals surface area contributed by atoms with E-state index in [0.29, 0.717) is 26.4 Å². The van der Waals surface area contributed by atoms with Crippen molar-refractivity contribution in [2.75, 3.05) is 26.4 Å². The van der Waals surface area contributed by atoms with Crippen LogP contribution in [0.2, 0.25) is 0 Å². The van der Waals surface area contributed by atoms with E-state index in [1.807, 2.05) is 0 Å². The zero-order chi connectivity index (χ0) is 27.8. The van der Waals surface area contributed by atoms with Gasteiger partial charge in [-0.1, -0.05) is 156 Å². The molecule has 0 aliphatic rings. The SMILES string of the molecule is CCCCCCCCO.CCCCCCCCO.CCCCCCCCO.CCCCCCCCO.[Ti]. The first-order valence-electron chi connectivity index (χ1n) is 16.1. The first-order valence-corrected chi connectivity index (χ1v) is 16.1. The predicted molar refractivity (Wildman–Crippen MR) is 162 cm³/mol. The Kier molecular flexibility index (Phi) is 72.5. The average Bonchev–Trinajstić information content (AvgIpc) is 2.90. The summed E-state index contributed by atoms with van der Waals surface area (Å²) >= 11 is 0. The second-order valence-electron chi connectivity index (χ2n) is 9.97. The third-order valence-corrected chi connectivity index (χ3v) is 6.05. The Balaban J connectivity index is -0.000000122. The van der Waals surface area contributed by atoms with Gasteiger partial charge in [-0.2, -0.15) is 0 Å². The minimum absolute atomic E-state index is 0. The van der Waals surface area contributed by atoms with Gasteiger partial charge in [0.1, 0.15) is 0 Å². The molecule has 0 aromatic rings. The van der Waals surface area contributed by atoms with E-state index < -0.39 is 0 Å². The summed E-state index contributed by atoms with van der Waals surface area (Å²) in [5, 5.41) is 33.7. The van der Waals surface area contributed by atoms with E-state index in [4.69, 9.17) is 20.4 Å². The topological polar surface area (TPSA) is 80.9 Å². The van der Waals surface area contributed by atoms with Crippen molar-refractivity contribution in [1.82, 2.24) is 0 Å². The summed E-state index contributed by atoms with van der Waals surface area (Å²) in [6.07, 6.45) is 30.0. The number of unbranched alkanes of at least 4 members (excludes halogenated alkanes) is 20. The molecule has 0 radical (unpaired) electrons. The van der Waals surface area contributed by atoms with E-state index in [-0.39, 0.29) is 21.7 Å². The second-order valence-corrected chi connectivity index (χ2v) is 9.97. The van der Waals surface area contributed by atoms with E-state index in [2.05, 4.69) is 27.7 Å². The van der Waals surface area contributed by atoms with Gasteiger partial charge in [0.2, 0.25) is 0 Å². The monoisotopic (exact) mass is 568 g/mol. The molecule has 228 valence electrons. The van der Waals surface area contributed by atoms with Crippen LogP contribution in [0.1, 0.15) is 182 Å². The van der Waals surface area contributed by atoms with Crippen molar-refractivity contribution < 1.29 is 42.1 Å². The van der Waals surface area contributed by atoms with Crippen LogP contribution in [-0.2, 0) is 21.7 Å². The molecule has 0 aliphatic carbocycles. The fourth-order valence-electron chi connectivity index (χ4n) is 3.57. The Hall–Kier alpha value is 0.554. The van der Waals surface area contributed by atoms with E-state index in [9.17, 15) is 0 Å². The van der Waals surface area contributed by atoms with E-state index in [1.54, 1.807) is 0 Å². The quantitative estimate of drug-likeness (QED) is 0.0691. The van der Waals surface area contributed by atoms with Crippen molar-refractivity contribution in [3.8, 4) is 0 Å². The van der Waals surface area contributed by atoms with Crippen LogP contribution >= 0.6 is 0 Å².